The molecule has 1 amide bonds. The molecular formula is C20H14F3NO4S. The van der Waals surface area contributed by atoms with Crippen molar-refractivity contribution in [2.24, 2.45) is 0 Å². The standard InChI is InChI=1S/C20H14F3NO4S/c1-9-3-5-10(6-4-9)12-8-29-19(14(12)20(26)27)24-18(25)11-7-13(21)17(28-2)16(23)15(11)22/h3-8H,1-2H3,(H,24,25)(H,26,27). The quantitative estimate of drug-likeness (QED) is 0.562. The number of aryl methyl sites for hydroxylation is 1. The van der Waals surface area contributed by atoms with Gasteiger partial charge in [0.15, 0.2) is 17.4 Å². The summed E-state index contributed by atoms with van der Waals surface area (Å²) in [5, 5.41) is 13.3. The van der Waals surface area contributed by atoms with Gasteiger partial charge in [0.05, 0.1) is 12.7 Å². The fraction of sp³-hybridized carbons (Fsp3) is 0.100. The number of carbonyl (C=O) groups excluding carboxylic acids is 1. The first-order valence-electron chi connectivity index (χ1n) is 8.19. The first-order valence-corrected chi connectivity index (χ1v) is 9.07. The molecule has 3 aromatic rings. The van der Waals surface area contributed by atoms with Gasteiger partial charge < -0.3 is 15.2 Å². The van der Waals surface area contributed by atoms with E-state index in [1.165, 1.54) is 5.38 Å². The number of methoxy groups -OCH3 is 1. The Hall–Kier alpha value is -3.33. The van der Waals surface area contributed by atoms with Gasteiger partial charge in [-0.15, -0.1) is 11.3 Å². The van der Waals surface area contributed by atoms with Gasteiger partial charge >= 0.3 is 5.97 Å². The van der Waals surface area contributed by atoms with E-state index in [0.717, 1.165) is 24.0 Å². The van der Waals surface area contributed by atoms with E-state index in [1.807, 2.05) is 6.92 Å². The van der Waals surface area contributed by atoms with Crippen LogP contribution in [0.1, 0.15) is 26.3 Å². The van der Waals surface area contributed by atoms with Crippen LogP contribution in [0, 0.1) is 24.4 Å². The van der Waals surface area contributed by atoms with Gasteiger partial charge in [0.25, 0.3) is 5.91 Å². The molecule has 0 fully saturated rings. The Kier molecular flexibility index (Phi) is 5.60. The summed E-state index contributed by atoms with van der Waals surface area (Å²) in [6.07, 6.45) is 0. The van der Waals surface area contributed by atoms with Crippen LogP contribution in [0.25, 0.3) is 11.1 Å². The van der Waals surface area contributed by atoms with E-state index in [4.69, 9.17) is 0 Å². The third-order valence-electron chi connectivity index (χ3n) is 4.16. The van der Waals surface area contributed by atoms with Crippen molar-refractivity contribution in [1.29, 1.82) is 0 Å². The van der Waals surface area contributed by atoms with Crippen molar-refractivity contribution in [3.8, 4) is 16.9 Å². The Morgan fingerprint density at radius 3 is 2.34 bits per heavy atom. The van der Waals surface area contributed by atoms with Crippen molar-refractivity contribution in [1.82, 2.24) is 0 Å². The Bertz CT molecular complexity index is 1110. The average molecular weight is 421 g/mol. The van der Waals surface area contributed by atoms with Crippen LogP contribution in [-0.2, 0) is 0 Å². The monoisotopic (exact) mass is 421 g/mol. The van der Waals surface area contributed by atoms with Crippen molar-refractivity contribution < 1.29 is 32.6 Å². The number of ether oxygens (including phenoxy) is 1. The molecule has 0 radical (unpaired) electrons. The molecule has 0 atom stereocenters. The van der Waals surface area contributed by atoms with Crippen molar-refractivity contribution in [3.05, 3.63) is 69.9 Å². The van der Waals surface area contributed by atoms with Crippen molar-refractivity contribution >= 4 is 28.2 Å². The number of halogens is 3. The lowest BCUT2D eigenvalue weighted by Gasteiger charge is -2.10. The summed E-state index contributed by atoms with van der Waals surface area (Å²) in [6, 6.07) is 7.54. The molecule has 1 aromatic heterocycles. The van der Waals surface area contributed by atoms with E-state index >= 15 is 0 Å². The molecule has 0 spiro atoms. The first kappa shape index (κ1) is 20.4. The van der Waals surface area contributed by atoms with Gasteiger partial charge in [-0.05, 0) is 18.6 Å². The molecule has 2 aromatic carbocycles. The molecule has 0 saturated carbocycles. The zero-order chi connectivity index (χ0) is 21.3. The summed E-state index contributed by atoms with van der Waals surface area (Å²) in [4.78, 5) is 24.2. The SMILES string of the molecule is COc1c(F)cc(C(=O)Nc2scc(-c3ccc(C)cc3)c2C(=O)O)c(F)c1F. The summed E-state index contributed by atoms with van der Waals surface area (Å²) in [5.41, 5.74) is 0.820. The number of benzene rings is 2. The summed E-state index contributed by atoms with van der Waals surface area (Å²) >= 11 is 0.901. The molecule has 0 bridgehead atoms. The summed E-state index contributed by atoms with van der Waals surface area (Å²) in [5.74, 6) is -7.98. The van der Waals surface area contributed by atoms with Crippen LogP contribution in [0.2, 0.25) is 0 Å². The number of carboxylic acids is 1. The highest BCUT2D eigenvalue weighted by molar-refractivity contribution is 7.15. The largest absolute Gasteiger partial charge is 0.491 e. The normalized spacial score (nSPS) is 10.7. The molecule has 9 heteroatoms. The Morgan fingerprint density at radius 2 is 1.76 bits per heavy atom. The van der Waals surface area contributed by atoms with Gasteiger partial charge in [-0.2, -0.15) is 4.39 Å². The van der Waals surface area contributed by atoms with E-state index in [-0.39, 0.29) is 10.6 Å². The number of nitrogens with one attached hydrogen (secondary N) is 1. The van der Waals surface area contributed by atoms with Crippen LogP contribution in [0.15, 0.2) is 35.7 Å². The number of hydrogen-bond donors (Lipinski definition) is 2. The van der Waals surface area contributed by atoms with Gasteiger partial charge in [-0.3, -0.25) is 4.79 Å². The minimum Gasteiger partial charge on any atom is -0.491 e. The second kappa shape index (κ2) is 7.96. The molecule has 0 aliphatic carbocycles. The second-order valence-corrected chi connectivity index (χ2v) is 6.93. The Balaban J connectivity index is 2.00. The summed E-state index contributed by atoms with van der Waals surface area (Å²) < 4.78 is 46.3. The number of amides is 1. The van der Waals surface area contributed by atoms with Crippen LogP contribution < -0.4 is 10.1 Å². The summed E-state index contributed by atoms with van der Waals surface area (Å²) in [7, 11) is 0.956. The van der Waals surface area contributed by atoms with Gasteiger partial charge in [0, 0.05) is 10.9 Å². The van der Waals surface area contributed by atoms with E-state index < -0.39 is 40.6 Å². The number of carbonyl (C=O) groups is 2. The minimum absolute atomic E-state index is 0.0888. The molecule has 1 heterocycles. The van der Waals surface area contributed by atoms with Crippen LogP contribution >= 0.6 is 11.3 Å². The average Bonchev–Trinajstić information content (AvgIpc) is 3.09. The molecule has 2 N–H and O–H groups in total. The second-order valence-electron chi connectivity index (χ2n) is 6.05. The molecule has 0 aliphatic rings. The van der Waals surface area contributed by atoms with E-state index in [1.54, 1.807) is 24.3 Å². The van der Waals surface area contributed by atoms with Crippen LogP contribution in [0.3, 0.4) is 0 Å². The van der Waals surface area contributed by atoms with Gasteiger partial charge in [-0.1, -0.05) is 29.8 Å². The minimum atomic E-state index is -1.65. The Labute approximate surface area is 167 Å². The lowest BCUT2D eigenvalue weighted by atomic mass is 10.0. The van der Waals surface area contributed by atoms with Crippen molar-refractivity contribution in [2.75, 3.05) is 12.4 Å². The highest BCUT2D eigenvalue weighted by atomic mass is 32.1. The van der Waals surface area contributed by atoms with Gasteiger partial charge in [0.2, 0.25) is 5.82 Å². The number of aromatic carboxylic acids is 1. The highest BCUT2D eigenvalue weighted by Crippen LogP contribution is 2.36. The van der Waals surface area contributed by atoms with Gasteiger partial charge in [0.1, 0.15) is 10.6 Å². The predicted molar refractivity (Wildman–Crippen MR) is 102 cm³/mol. The molecule has 0 aliphatic heterocycles. The number of anilines is 1. The lowest BCUT2D eigenvalue weighted by molar-refractivity contribution is 0.0699. The predicted octanol–water partition coefficient (Wildman–Crippen LogP) is 5.10. The van der Waals surface area contributed by atoms with E-state index in [2.05, 4.69) is 10.1 Å². The molecule has 150 valence electrons. The molecule has 5 nitrogen and oxygen atoms in total. The molecule has 3 rings (SSSR count). The zero-order valence-corrected chi connectivity index (χ0v) is 16.0. The molecule has 0 saturated heterocycles. The third-order valence-corrected chi connectivity index (χ3v) is 5.06. The molecule has 0 unspecified atom stereocenters. The van der Waals surface area contributed by atoms with Crippen LogP contribution in [0.4, 0.5) is 18.2 Å². The number of carboxylic acid groups (broad SMARTS) is 1. The maximum atomic E-state index is 14.2. The fourth-order valence-corrected chi connectivity index (χ4v) is 3.67. The van der Waals surface area contributed by atoms with Gasteiger partial charge in [-0.25, -0.2) is 13.6 Å². The molecular weight excluding hydrogens is 407 g/mol. The summed E-state index contributed by atoms with van der Waals surface area (Å²) in [6.45, 7) is 1.88. The maximum Gasteiger partial charge on any atom is 0.339 e. The number of thiophene rings is 1. The van der Waals surface area contributed by atoms with Crippen LogP contribution in [-0.4, -0.2) is 24.1 Å². The zero-order valence-electron chi connectivity index (χ0n) is 15.2. The van der Waals surface area contributed by atoms with Crippen molar-refractivity contribution in [3.63, 3.8) is 0 Å². The lowest BCUT2D eigenvalue weighted by Crippen LogP contribution is -2.17. The topological polar surface area (TPSA) is 75.6 Å². The number of hydrogen-bond acceptors (Lipinski definition) is 4. The molecule has 29 heavy (non-hydrogen) atoms. The highest BCUT2D eigenvalue weighted by Gasteiger charge is 2.26. The fourth-order valence-electron chi connectivity index (χ4n) is 2.71. The third kappa shape index (κ3) is 3.81. The maximum absolute atomic E-state index is 14.2. The Morgan fingerprint density at radius 1 is 1.10 bits per heavy atom. The van der Waals surface area contributed by atoms with E-state index in [0.29, 0.717) is 17.2 Å². The van der Waals surface area contributed by atoms with Crippen LogP contribution in [0.5, 0.6) is 5.75 Å². The number of rotatable bonds is 5. The smallest absolute Gasteiger partial charge is 0.339 e. The van der Waals surface area contributed by atoms with Crippen molar-refractivity contribution in [2.45, 2.75) is 6.92 Å². The first-order chi connectivity index (χ1) is 13.7. The van der Waals surface area contributed by atoms with E-state index in [9.17, 15) is 27.9 Å².